The number of carbonyl (C=O) groups excluding carboxylic acids is 2. The van der Waals surface area contributed by atoms with Crippen LogP contribution in [0, 0.1) is 11.8 Å². The molecule has 2 rings (SSSR count). The third kappa shape index (κ3) is 5.31. The third-order valence-corrected chi connectivity index (χ3v) is 4.74. The Balaban J connectivity index is 1.79. The molecule has 0 atom stereocenters. The number of nitrogens with zero attached hydrogens (tertiary/aromatic N) is 1. The van der Waals surface area contributed by atoms with Gasteiger partial charge in [-0.3, -0.25) is 14.4 Å². The summed E-state index contributed by atoms with van der Waals surface area (Å²) in [6, 6.07) is 7.43. The van der Waals surface area contributed by atoms with Gasteiger partial charge in [-0.1, -0.05) is 12.1 Å². The van der Waals surface area contributed by atoms with Gasteiger partial charge in [0.15, 0.2) is 0 Å². The quantitative estimate of drug-likeness (QED) is 0.824. The Bertz CT molecular complexity index is 634. The Labute approximate surface area is 148 Å². The lowest BCUT2D eigenvalue weighted by Crippen LogP contribution is -2.35. The fraction of sp³-hybridized carbons (Fsp3) is 0.526. The van der Waals surface area contributed by atoms with E-state index in [4.69, 9.17) is 5.11 Å². The van der Waals surface area contributed by atoms with Crippen molar-refractivity contribution < 1.29 is 19.5 Å². The van der Waals surface area contributed by atoms with Crippen LogP contribution in [0.25, 0.3) is 0 Å². The van der Waals surface area contributed by atoms with Crippen LogP contribution in [0.3, 0.4) is 0 Å². The van der Waals surface area contributed by atoms with Gasteiger partial charge in [-0.15, -0.1) is 0 Å². The maximum atomic E-state index is 12.2. The van der Waals surface area contributed by atoms with Crippen LogP contribution in [0.4, 0.5) is 0 Å². The Morgan fingerprint density at radius 2 is 1.76 bits per heavy atom. The Kier molecular flexibility index (Phi) is 6.56. The molecule has 6 heteroatoms. The van der Waals surface area contributed by atoms with Crippen molar-refractivity contribution in [1.29, 1.82) is 0 Å². The summed E-state index contributed by atoms with van der Waals surface area (Å²) < 4.78 is 0. The number of aliphatic carboxylic acids is 1. The molecule has 1 aliphatic rings. The van der Waals surface area contributed by atoms with Gasteiger partial charge in [-0.05, 0) is 49.8 Å². The highest BCUT2D eigenvalue weighted by atomic mass is 16.4. The minimum atomic E-state index is -0.758. The van der Waals surface area contributed by atoms with Crippen LogP contribution in [0.15, 0.2) is 24.3 Å². The number of nitrogens with one attached hydrogen (secondary N) is 1. The number of hydrogen-bond donors (Lipinski definition) is 2. The first kappa shape index (κ1) is 19.0. The second-order valence-electron chi connectivity index (χ2n) is 6.83. The molecule has 0 heterocycles. The highest BCUT2D eigenvalue weighted by Crippen LogP contribution is 2.28. The Morgan fingerprint density at radius 1 is 1.12 bits per heavy atom. The van der Waals surface area contributed by atoms with E-state index in [0.29, 0.717) is 44.2 Å². The van der Waals surface area contributed by atoms with Gasteiger partial charge in [0.05, 0.1) is 5.92 Å². The third-order valence-electron chi connectivity index (χ3n) is 4.74. The van der Waals surface area contributed by atoms with Crippen LogP contribution in [0.2, 0.25) is 0 Å². The van der Waals surface area contributed by atoms with Gasteiger partial charge < -0.3 is 15.3 Å². The molecule has 1 aliphatic carbocycles. The summed E-state index contributed by atoms with van der Waals surface area (Å²) in [6.45, 7) is 0.511. The molecule has 25 heavy (non-hydrogen) atoms. The van der Waals surface area contributed by atoms with E-state index in [0.717, 1.165) is 5.56 Å². The molecule has 0 radical (unpaired) electrons. The van der Waals surface area contributed by atoms with E-state index in [-0.39, 0.29) is 23.7 Å². The van der Waals surface area contributed by atoms with E-state index in [1.54, 1.807) is 20.2 Å². The first-order chi connectivity index (χ1) is 11.9. The van der Waals surface area contributed by atoms with Crippen molar-refractivity contribution in [2.45, 2.75) is 32.1 Å². The average molecular weight is 346 g/mol. The molecule has 0 aliphatic heterocycles. The smallest absolute Gasteiger partial charge is 0.306 e. The topological polar surface area (TPSA) is 86.7 Å². The fourth-order valence-electron chi connectivity index (χ4n) is 3.19. The Morgan fingerprint density at radius 3 is 2.36 bits per heavy atom. The molecule has 1 aromatic rings. The van der Waals surface area contributed by atoms with Gasteiger partial charge >= 0.3 is 5.97 Å². The molecule has 0 unspecified atom stereocenters. The largest absolute Gasteiger partial charge is 0.481 e. The molecular weight excluding hydrogens is 320 g/mol. The average Bonchev–Trinajstić information content (AvgIpc) is 2.61. The summed E-state index contributed by atoms with van der Waals surface area (Å²) in [4.78, 5) is 36.7. The van der Waals surface area contributed by atoms with Crippen molar-refractivity contribution in [3.05, 3.63) is 35.4 Å². The summed E-state index contributed by atoms with van der Waals surface area (Å²) >= 11 is 0. The first-order valence-corrected chi connectivity index (χ1v) is 8.69. The van der Waals surface area contributed by atoms with Crippen LogP contribution >= 0.6 is 0 Å². The molecule has 1 fully saturated rings. The lowest BCUT2D eigenvalue weighted by molar-refractivity contribution is -0.144. The number of rotatable bonds is 6. The maximum Gasteiger partial charge on any atom is 0.306 e. The second kappa shape index (κ2) is 8.65. The van der Waals surface area contributed by atoms with Crippen LogP contribution in [0.5, 0.6) is 0 Å². The number of carboxylic acids is 1. The van der Waals surface area contributed by atoms with Gasteiger partial charge in [0, 0.05) is 32.1 Å². The number of carbonyl (C=O) groups is 3. The summed E-state index contributed by atoms with van der Waals surface area (Å²) in [5.41, 5.74) is 1.64. The van der Waals surface area contributed by atoms with E-state index in [1.807, 2.05) is 18.2 Å². The van der Waals surface area contributed by atoms with Crippen LogP contribution in [-0.2, 0) is 16.0 Å². The van der Waals surface area contributed by atoms with Gasteiger partial charge in [-0.2, -0.15) is 0 Å². The van der Waals surface area contributed by atoms with E-state index < -0.39 is 5.97 Å². The lowest BCUT2D eigenvalue weighted by atomic mass is 9.81. The SMILES string of the molecule is CN(C)C(=O)c1cccc(CCNC(=O)C2CCC(C(=O)O)CC2)c1. The van der Waals surface area contributed by atoms with E-state index in [1.165, 1.54) is 4.90 Å². The molecule has 0 spiro atoms. The van der Waals surface area contributed by atoms with Crippen molar-refractivity contribution in [2.75, 3.05) is 20.6 Å². The minimum Gasteiger partial charge on any atom is -0.481 e. The van der Waals surface area contributed by atoms with E-state index in [9.17, 15) is 14.4 Å². The molecule has 1 saturated carbocycles. The summed E-state index contributed by atoms with van der Waals surface area (Å²) in [5.74, 6) is -1.19. The van der Waals surface area contributed by atoms with Gasteiger partial charge in [-0.25, -0.2) is 0 Å². The minimum absolute atomic E-state index is 0.00404. The molecule has 0 bridgehead atoms. The van der Waals surface area contributed by atoms with Crippen LogP contribution in [0.1, 0.15) is 41.6 Å². The van der Waals surface area contributed by atoms with Crippen molar-refractivity contribution in [3.63, 3.8) is 0 Å². The van der Waals surface area contributed by atoms with Gasteiger partial charge in [0.1, 0.15) is 0 Å². The number of hydrogen-bond acceptors (Lipinski definition) is 3. The zero-order chi connectivity index (χ0) is 18.4. The standard InChI is InChI=1S/C19H26N2O4/c1-21(2)18(23)16-5-3-4-13(12-16)10-11-20-17(22)14-6-8-15(9-7-14)19(24)25/h3-5,12,14-15H,6-11H2,1-2H3,(H,20,22)(H,24,25). The number of benzene rings is 1. The summed E-state index contributed by atoms with van der Waals surface area (Å²) in [7, 11) is 3.43. The predicted molar refractivity (Wildman–Crippen MR) is 94.3 cm³/mol. The first-order valence-electron chi connectivity index (χ1n) is 8.69. The molecule has 0 aromatic heterocycles. The molecule has 136 valence electrons. The van der Waals surface area contributed by atoms with Crippen molar-refractivity contribution >= 4 is 17.8 Å². The summed E-state index contributed by atoms with van der Waals surface area (Å²) in [6.07, 6.45) is 3.07. The number of amides is 2. The molecule has 6 nitrogen and oxygen atoms in total. The maximum absolute atomic E-state index is 12.2. The highest BCUT2D eigenvalue weighted by molar-refractivity contribution is 5.94. The zero-order valence-corrected chi connectivity index (χ0v) is 14.8. The monoisotopic (exact) mass is 346 g/mol. The molecule has 2 N–H and O–H groups in total. The zero-order valence-electron chi connectivity index (χ0n) is 14.8. The molecular formula is C19H26N2O4. The Hall–Kier alpha value is -2.37. The fourth-order valence-corrected chi connectivity index (χ4v) is 3.19. The van der Waals surface area contributed by atoms with Gasteiger partial charge in [0.2, 0.25) is 5.91 Å². The molecule has 2 amide bonds. The number of carboxylic acid groups (broad SMARTS) is 1. The highest BCUT2D eigenvalue weighted by Gasteiger charge is 2.29. The van der Waals surface area contributed by atoms with Crippen molar-refractivity contribution in [1.82, 2.24) is 10.2 Å². The van der Waals surface area contributed by atoms with E-state index >= 15 is 0 Å². The van der Waals surface area contributed by atoms with Crippen molar-refractivity contribution in [2.24, 2.45) is 11.8 Å². The lowest BCUT2D eigenvalue weighted by Gasteiger charge is -2.25. The van der Waals surface area contributed by atoms with E-state index in [2.05, 4.69) is 5.32 Å². The normalized spacial score (nSPS) is 19.9. The second-order valence-corrected chi connectivity index (χ2v) is 6.83. The summed E-state index contributed by atoms with van der Waals surface area (Å²) in [5, 5.41) is 11.9. The van der Waals surface area contributed by atoms with Crippen LogP contribution in [-0.4, -0.2) is 48.4 Å². The van der Waals surface area contributed by atoms with Crippen LogP contribution < -0.4 is 5.32 Å². The van der Waals surface area contributed by atoms with Gasteiger partial charge in [0.25, 0.3) is 5.91 Å². The molecule has 1 aromatic carbocycles. The van der Waals surface area contributed by atoms with Crippen molar-refractivity contribution in [3.8, 4) is 0 Å². The molecule has 0 saturated heterocycles. The predicted octanol–water partition coefficient (Wildman–Crippen LogP) is 1.94.